The number of hydrogen-bond donors (Lipinski definition) is 1. The molecule has 5 nitrogen and oxygen atoms in total. The van der Waals surface area contributed by atoms with Crippen LogP contribution in [0.3, 0.4) is 0 Å². The SMILES string of the molecule is CC1CCN(c2cccc(N)c2[N+](=O)[O-])CC1. The molecule has 1 fully saturated rings. The summed E-state index contributed by atoms with van der Waals surface area (Å²) < 4.78 is 0. The van der Waals surface area contributed by atoms with Crippen molar-refractivity contribution in [2.24, 2.45) is 5.92 Å². The predicted octanol–water partition coefficient (Wildman–Crippen LogP) is 2.41. The fourth-order valence-electron chi connectivity index (χ4n) is 2.25. The molecule has 92 valence electrons. The molecule has 1 aliphatic rings. The van der Waals surface area contributed by atoms with E-state index in [0.29, 0.717) is 11.6 Å². The molecule has 0 unspecified atom stereocenters. The highest BCUT2D eigenvalue weighted by Crippen LogP contribution is 2.35. The van der Waals surface area contributed by atoms with Crippen molar-refractivity contribution in [1.29, 1.82) is 0 Å². The number of anilines is 2. The summed E-state index contributed by atoms with van der Waals surface area (Å²) in [4.78, 5) is 12.7. The number of nitro groups is 1. The molecule has 0 saturated carbocycles. The number of para-hydroxylation sites is 1. The Kier molecular flexibility index (Phi) is 3.17. The van der Waals surface area contributed by atoms with Gasteiger partial charge in [-0.15, -0.1) is 0 Å². The summed E-state index contributed by atoms with van der Waals surface area (Å²) in [6.45, 7) is 3.95. The zero-order chi connectivity index (χ0) is 12.4. The molecule has 0 amide bonds. The highest BCUT2D eigenvalue weighted by molar-refractivity contribution is 5.75. The first kappa shape index (κ1) is 11.7. The Bertz CT molecular complexity index is 426. The summed E-state index contributed by atoms with van der Waals surface area (Å²) in [5, 5.41) is 11.0. The van der Waals surface area contributed by atoms with Crippen molar-refractivity contribution in [1.82, 2.24) is 0 Å². The monoisotopic (exact) mass is 235 g/mol. The first-order chi connectivity index (χ1) is 8.09. The third kappa shape index (κ3) is 2.33. The Labute approximate surface area is 100 Å². The maximum Gasteiger partial charge on any atom is 0.315 e. The van der Waals surface area contributed by atoms with Crippen molar-refractivity contribution < 1.29 is 4.92 Å². The van der Waals surface area contributed by atoms with Crippen molar-refractivity contribution in [3.8, 4) is 0 Å². The van der Waals surface area contributed by atoms with E-state index < -0.39 is 0 Å². The van der Waals surface area contributed by atoms with Gasteiger partial charge in [0, 0.05) is 13.1 Å². The van der Waals surface area contributed by atoms with Gasteiger partial charge >= 0.3 is 5.69 Å². The molecule has 0 atom stereocenters. The van der Waals surface area contributed by atoms with Crippen LogP contribution in [0.5, 0.6) is 0 Å². The first-order valence-electron chi connectivity index (χ1n) is 5.87. The van der Waals surface area contributed by atoms with Crippen LogP contribution in [0.1, 0.15) is 19.8 Å². The van der Waals surface area contributed by atoms with Gasteiger partial charge in [-0.05, 0) is 30.9 Å². The lowest BCUT2D eigenvalue weighted by Gasteiger charge is -2.31. The normalized spacial score (nSPS) is 17.1. The molecule has 0 spiro atoms. The summed E-state index contributed by atoms with van der Waals surface area (Å²) in [5.41, 5.74) is 6.63. The maximum absolute atomic E-state index is 11.0. The number of piperidine rings is 1. The van der Waals surface area contributed by atoms with Crippen LogP contribution in [0.2, 0.25) is 0 Å². The van der Waals surface area contributed by atoms with Crippen LogP contribution in [0.15, 0.2) is 18.2 Å². The van der Waals surface area contributed by atoms with E-state index >= 15 is 0 Å². The van der Waals surface area contributed by atoms with Gasteiger partial charge in [-0.2, -0.15) is 0 Å². The summed E-state index contributed by atoms with van der Waals surface area (Å²) >= 11 is 0. The number of nitrogens with zero attached hydrogens (tertiary/aromatic N) is 2. The van der Waals surface area contributed by atoms with Gasteiger partial charge in [0.15, 0.2) is 0 Å². The fourth-order valence-corrected chi connectivity index (χ4v) is 2.25. The lowest BCUT2D eigenvalue weighted by atomic mass is 9.98. The Morgan fingerprint density at radius 2 is 2.06 bits per heavy atom. The number of nitro benzene ring substituents is 1. The highest BCUT2D eigenvalue weighted by Gasteiger charge is 2.24. The number of hydrogen-bond acceptors (Lipinski definition) is 4. The third-order valence-electron chi connectivity index (χ3n) is 3.35. The predicted molar refractivity (Wildman–Crippen MR) is 68.1 cm³/mol. The largest absolute Gasteiger partial charge is 0.393 e. The molecule has 2 N–H and O–H groups in total. The average Bonchev–Trinajstić information content (AvgIpc) is 2.29. The van der Waals surface area contributed by atoms with E-state index in [4.69, 9.17) is 5.73 Å². The van der Waals surface area contributed by atoms with Crippen LogP contribution >= 0.6 is 0 Å². The third-order valence-corrected chi connectivity index (χ3v) is 3.35. The molecule has 1 heterocycles. The lowest BCUT2D eigenvalue weighted by molar-refractivity contribution is -0.383. The van der Waals surface area contributed by atoms with Crippen molar-refractivity contribution in [2.45, 2.75) is 19.8 Å². The maximum atomic E-state index is 11.0. The minimum atomic E-state index is -0.386. The molecule has 0 aromatic heterocycles. The molecule has 1 aromatic carbocycles. The molecular formula is C12H17N3O2. The van der Waals surface area contributed by atoms with Gasteiger partial charge in [-0.3, -0.25) is 10.1 Å². The molecule has 0 radical (unpaired) electrons. The molecular weight excluding hydrogens is 218 g/mol. The van der Waals surface area contributed by atoms with E-state index in [1.807, 2.05) is 0 Å². The second-order valence-electron chi connectivity index (χ2n) is 4.64. The molecule has 1 aromatic rings. The fraction of sp³-hybridized carbons (Fsp3) is 0.500. The van der Waals surface area contributed by atoms with Crippen LogP contribution in [-0.2, 0) is 0 Å². The van der Waals surface area contributed by atoms with Gasteiger partial charge in [0.1, 0.15) is 11.4 Å². The smallest absolute Gasteiger partial charge is 0.315 e. The zero-order valence-electron chi connectivity index (χ0n) is 9.93. The molecule has 1 aliphatic heterocycles. The first-order valence-corrected chi connectivity index (χ1v) is 5.87. The van der Waals surface area contributed by atoms with E-state index in [2.05, 4.69) is 11.8 Å². The highest BCUT2D eigenvalue weighted by atomic mass is 16.6. The van der Waals surface area contributed by atoms with Crippen LogP contribution in [-0.4, -0.2) is 18.0 Å². The minimum absolute atomic E-state index is 0.0436. The van der Waals surface area contributed by atoms with Crippen LogP contribution < -0.4 is 10.6 Å². The second kappa shape index (κ2) is 4.61. The summed E-state index contributed by atoms with van der Waals surface area (Å²) in [6.07, 6.45) is 2.15. The van der Waals surface area contributed by atoms with Crippen LogP contribution in [0.4, 0.5) is 17.1 Å². The van der Waals surface area contributed by atoms with Crippen LogP contribution in [0.25, 0.3) is 0 Å². The van der Waals surface area contributed by atoms with E-state index in [9.17, 15) is 10.1 Å². The number of nitrogens with two attached hydrogens (primary N) is 1. The summed E-state index contributed by atoms with van der Waals surface area (Å²) in [5.74, 6) is 0.700. The number of nitrogen functional groups attached to an aromatic ring is 1. The molecule has 2 rings (SSSR count). The van der Waals surface area contributed by atoms with Gasteiger partial charge in [-0.25, -0.2) is 0 Å². The quantitative estimate of drug-likeness (QED) is 0.485. The minimum Gasteiger partial charge on any atom is -0.393 e. The topological polar surface area (TPSA) is 72.4 Å². The lowest BCUT2D eigenvalue weighted by Crippen LogP contribution is -2.33. The van der Waals surface area contributed by atoms with E-state index in [-0.39, 0.29) is 16.3 Å². The standard InChI is InChI=1S/C12H17N3O2/c1-9-5-7-14(8-6-9)11-4-2-3-10(13)12(11)15(16)17/h2-4,9H,5-8,13H2,1H3. The molecule has 17 heavy (non-hydrogen) atoms. The Balaban J connectivity index is 2.32. The molecule has 5 heteroatoms. The summed E-state index contributed by atoms with van der Waals surface area (Å²) in [7, 11) is 0. The van der Waals surface area contributed by atoms with Gasteiger partial charge in [0.2, 0.25) is 0 Å². The van der Waals surface area contributed by atoms with Crippen molar-refractivity contribution in [3.05, 3.63) is 28.3 Å². The van der Waals surface area contributed by atoms with Crippen molar-refractivity contribution in [2.75, 3.05) is 23.7 Å². The Morgan fingerprint density at radius 3 is 2.65 bits per heavy atom. The van der Waals surface area contributed by atoms with Gasteiger partial charge in [0.05, 0.1) is 4.92 Å². The Hall–Kier alpha value is -1.78. The number of benzene rings is 1. The average molecular weight is 235 g/mol. The van der Waals surface area contributed by atoms with E-state index in [1.54, 1.807) is 18.2 Å². The van der Waals surface area contributed by atoms with Crippen LogP contribution in [0, 0.1) is 16.0 Å². The number of rotatable bonds is 2. The van der Waals surface area contributed by atoms with Crippen molar-refractivity contribution >= 4 is 17.1 Å². The van der Waals surface area contributed by atoms with E-state index in [1.165, 1.54) is 0 Å². The van der Waals surface area contributed by atoms with Gasteiger partial charge < -0.3 is 10.6 Å². The summed E-state index contributed by atoms with van der Waals surface area (Å²) in [6, 6.07) is 5.13. The van der Waals surface area contributed by atoms with E-state index in [0.717, 1.165) is 25.9 Å². The molecule has 0 aliphatic carbocycles. The molecule has 0 bridgehead atoms. The molecule has 1 saturated heterocycles. The second-order valence-corrected chi connectivity index (χ2v) is 4.64. The van der Waals surface area contributed by atoms with Crippen molar-refractivity contribution in [3.63, 3.8) is 0 Å². The van der Waals surface area contributed by atoms with Gasteiger partial charge in [-0.1, -0.05) is 13.0 Å². The van der Waals surface area contributed by atoms with Gasteiger partial charge in [0.25, 0.3) is 0 Å². The Morgan fingerprint density at radius 1 is 1.41 bits per heavy atom. The zero-order valence-corrected chi connectivity index (χ0v) is 9.93.